The van der Waals surface area contributed by atoms with Gasteiger partial charge in [0.05, 0.1) is 11.9 Å². The van der Waals surface area contributed by atoms with Gasteiger partial charge in [0, 0.05) is 30.1 Å². The van der Waals surface area contributed by atoms with Crippen molar-refractivity contribution in [3.8, 4) is 0 Å². The van der Waals surface area contributed by atoms with E-state index in [1.54, 1.807) is 30.5 Å². The average molecular weight is 339 g/mol. The molecule has 0 aliphatic rings. The fraction of sp³-hybridized carbons (Fsp3) is 0.200. The van der Waals surface area contributed by atoms with Crippen molar-refractivity contribution in [1.29, 1.82) is 0 Å². The summed E-state index contributed by atoms with van der Waals surface area (Å²) in [6.45, 7) is 2.29. The molecule has 0 saturated carbocycles. The lowest BCUT2D eigenvalue weighted by atomic mass is 10.1. The predicted octanol–water partition coefficient (Wildman–Crippen LogP) is 4.05. The van der Waals surface area contributed by atoms with E-state index in [4.69, 9.17) is 5.11 Å². The van der Waals surface area contributed by atoms with E-state index in [2.05, 4.69) is 0 Å². The number of carboxylic acid groups (broad SMARTS) is 1. The van der Waals surface area contributed by atoms with Gasteiger partial charge >= 0.3 is 5.97 Å². The Morgan fingerprint density at radius 2 is 1.84 bits per heavy atom. The van der Waals surface area contributed by atoms with Crippen molar-refractivity contribution >= 4 is 22.7 Å². The maximum Gasteiger partial charge on any atom is 0.307 e. The summed E-state index contributed by atoms with van der Waals surface area (Å²) in [7, 11) is 0. The summed E-state index contributed by atoms with van der Waals surface area (Å²) in [5.41, 5.74) is 2.74. The summed E-state index contributed by atoms with van der Waals surface area (Å²) in [5.74, 6) is -1.33. The highest BCUT2D eigenvalue weighted by atomic mass is 19.1. The van der Waals surface area contributed by atoms with Gasteiger partial charge in [-0.2, -0.15) is 0 Å². The molecule has 128 valence electrons. The van der Waals surface area contributed by atoms with E-state index in [9.17, 15) is 14.0 Å². The Hall–Kier alpha value is -2.95. The number of carboxylic acids is 1. The molecule has 5 heteroatoms. The molecule has 1 N–H and O–H groups in total. The van der Waals surface area contributed by atoms with Crippen molar-refractivity contribution < 1.29 is 19.1 Å². The van der Waals surface area contributed by atoms with Crippen molar-refractivity contribution in [2.24, 2.45) is 0 Å². The number of aromatic nitrogens is 1. The number of hydrogen-bond acceptors (Lipinski definition) is 2. The van der Waals surface area contributed by atoms with Crippen LogP contribution in [0.5, 0.6) is 0 Å². The number of carbonyl (C=O) groups is 2. The Bertz CT molecular complexity index is 941. The average Bonchev–Trinajstić information content (AvgIpc) is 2.93. The smallest absolute Gasteiger partial charge is 0.307 e. The number of nitrogens with zero attached hydrogens (tertiary/aromatic N) is 1. The predicted molar refractivity (Wildman–Crippen MR) is 93.4 cm³/mol. The molecule has 25 heavy (non-hydrogen) atoms. The van der Waals surface area contributed by atoms with Crippen LogP contribution in [0.3, 0.4) is 0 Å². The van der Waals surface area contributed by atoms with Gasteiger partial charge in [0.1, 0.15) is 5.82 Å². The fourth-order valence-electron chi connectivity index (χ4n) is 3.02. The topological polar surface area (TPSA) is 59.3 Å². The Kier molecular flexibility index (Phi) is 4.65. The number of carbonyl (C=O) groups excluding carboxylic acids is 1. The van der Waals surface area contributed by atoms with Gasteiger partial charge < -0.3 is 9.67 Å². The number of benzene rings is 2. The highest BCUT2D eigenvalue weighted by molar-refractivity contribution is 5.95. The maximum absolute atomic E-state index is 14.2. The number of aliphatic carboxylic acids is 1. The monoisotopic (exact) mass is 339 g/mol. The zero-order valence-electron chi connectivity index (χ0n) is 13.8. The van der Waals surface area contributed by atoms with Crippen LogP contribution in [0.4, 0.5) is 4.39 Å². The van der Waals surface area contributed by atoms with Gasteiger partial charge in [-0.1, -0.05) is 37.3 Å². The summed E-state index contributed by atoms with van der Waals surface area (Å²) in [6, 6.07) is 12.0. The van der Waals surface area contributed by atoms with Gasteiger partial charge in [0.2, 0.25) is 0 Å². The molecule has 0 unspecified atom stereocenters. The van der Waals surface area contributed by atoms with E-state index in [1.165, 1.54) is 6.07 Å². The van der Waals surface area contributed by atoms with E-state index >= 15 is 0 Å². The standard InChI is InChI=1S/C20H18FNO3/c1-2-18(23)14-8-6-13(7-9-14)11-22-12-15(10-19(24)25)20-16(21)4-3-5-17(20)22/h3-9,12H,2,10-11H2,1H3,(H,24,25). The molecule has 0 atom stereocenters. The van der Waals surface area contributed by atoms with Crippen LogP contribution in [0.15, 0.2) is 48.7 Å². The van der Waals surface area contributed by atoms with Gasteiger partial charge in [0.15, 0.2) is 5.78 Å². The quantitative estimate of drug-likeness (QED) is 0.689. The highest BCUT2D eigenvalue weighted by Crippen LogP contribution is 2.26. The molecule has 4 nitrogen and oxygen atoms in total. The first kappa shape index (κ1) is 16.9. The minimum absolute atomic E-state index is 0.0868. The molecule has 0 spiro atoms. The molecule has 0 radical (unpaired) electrons. The van der Waals surface area contributed by atoms with Crippen molar-refractivity contribution in [1.82, 2.24) is 4.57 Å². The van der Waals surface area contributed by atoms with E-state index in [1.807, 2.05) is 23.6 Å². The summed E-state index contributed by atoms with van der Waals surface area (Å²) < 4.78 is 16.0. The lowest BCUT2D eigenvalue weighted by Gasteiger charge is -2.07. The molecule has 0 aliphatic heterocycles. The molecule has 1 heterocycles. The SMILES string of the molecule is CCC(=O)c1ccc(Cn2cc(CC(=O)O)c3c(F)cccc32)cc1. The Labute approximate surface area is 144 Å². The summed E-state index contributed by atoms with van der Waals surface area (Å²) >= 11 is 0. The minimum atomic E-state index is -0.996. The first-order valence-corrected chi connectivity index (χ1v) is 8.09. The van der Waals surface area contributed by atoms with Gasteiger partial charge in [-0.15, -0.1) is 0 Å². The lowest BCUT2D eigenvalue weighted by Crippen LogP contribution is -2.01. The second kappa shape index (κ2) is 6.89. The zero-order chi connectivity index (χ0) is 18.0. The molecule has 0 bridgehead atoms. The number of fused-ring (bicyclic) bond motifs is 1. The van der Waals surface area contributed by atoms with Crippen LogP contribution in [-0.4, -0.2) is 21.4 Å². The van der Waals surface area contributed by atoms with E-state index in [0.29, 0.717) is 35.0 Å². The van der Waals surface area contributed by atoms with E-state index in [0.717, 1.165) is 5.56 Å². The molecule has 0 fully saturated rings. The molecule has 1 aromatic heterocycles. The van der Waals surface area contributed by atoms with E-state index in [-0.39, 0.29) is 12.2 Å². The van der Waals surface area contributed by atoms with Crippen LogP contribution in [0.2, 0.25) is 0 Å². The summed E-state index contributed by atoms with van der Waals surface area (Å²) in [6.07, 6.45) is 1.92. The molecule has 0 amide bonds. The third kappa shape index (κ3) is 3.45. The Morgan fingerprint density at radius 1 is 1.12 bits per heavy atom. The number of rotatable bonds is 6. The van der Waals surface area contributed by atoms with Crippen LogP contribution < -0.4 is 0 Å². The van der Waals surface area contributed by atoms with Gasteiger partial charge in [-0.25, -0.2) is 4.39 Å². The van der Waals surface area contributed by atoms with Crippen molar-refractivity contribution in [3.05, 3.63) is 71.2 Å². The molecule has 0 saturated heterocycles. The number of ketones is 1. The van der Waals surface area contributed by atoms with Crippen LogP contribution in [-0.2, 0) is 17.8 Å². The van der Waals surface area contributed by atoms with Crippen molar-refractivity contribution in [2.45, 2.75) is 26.3 Å². The van der Waals surface area contributed by atoms with Crippen molar-refractivity contribution in [2.75, 3.05) is 0 Å². The molecule has 0 aliphatic carbocycles. The third-order valence-electron chi connectivity index (χ3n) is 4.23. The second-order valence-electron chi connectivity index (χ2n) is 5.96. The second-order valence-corrected chi connectivity index (χ2v) is 5.96. The van der Waals surface area contributed by atoms with Crippen LogP contribution in [0, 0.1) is 5.82 Å². The summed E-state index contributed by atoms with van der Waals surface area (Å²) in [5, 5.41) is 9.41. The fourth-order valence-corrected chi connectivity index (χ4v) is 3.02. The van der Waals surface area contributed by atoms with Crippen LogP contribution in [0.1, 0.15) is 34.8 Å². The molecule has 2 aromatic carbocycles. The highest BCUT2D eigenvalue weighted by Gasteiger charge is 2.15. The van der Waals surface area contributed by atoms with Crippen LogP contribution in [0.25, 0.3) is 10.9 Å². The lowest BCUT2D eigenvalue weighted by molar-refractivity contribution is -0.136. The van der Waals surface area contributed by atoms with Gasteiger partial charge in [-0.3, -0.25) is 9.59 Å². The molecule has 3 rings (SSSR count). The maximum atomic E-state index is 14.2. The van der Waals surface area contributed by atoms with Gasteiger partial charge in [0.25, 0.3) is 0 Å². The van der Waals surface area contributed by atoms with Crippen molar-refractivity contribution in [3.63, 3.8) is 0 Å². The Morgan fingerprint density at radius 3 is 2.48 bits per heavy atom. The van der Waals surface area contributed by atoms with Crippen LogP contribution >= 0.6 is 0 Å². The summed E-state index contributed by atoms with van der Waals surface area (Å²) in [4.78, 5) is 22.8. The third-order valence-corrected chi connectivity index (χ3v) is 4.23. The number of hydrogen-bond donors (Lipinski definition) is 1. The normalized spacial score (nSPS) is 11.0. The molecule has 3 aromatic rings. The Balaban J connectivity index is 1.97. The largest absolute Gasteiger partial charge is 0.481 e. The number of halogens is 1. The zero-order valence-corrected chi connectivity index (χ0v) is 13.8. The first-order valence-electron chi connectivity index (χ1n) is 8.09. The number of Topliss-reactive ketones (excluding diaryl/α,β-unsaturated/α-hetero) is 1. The van der Waals surface area contributed by atoms with Gasteiger partial charge in [-0.05, 0) is 23.3 Å². The first-order chi connectivity index (χ1) is 12.0. The van der Waals surface area contributed by atoms with E-state index < -0.39 is 11.8 Å². The molecular formula is C20H18FNO3. The minimum Gasteiger partial charge on any atom is -0.481 e. The molecular weight excluding hydrogens is 321 g/mol.